The second kappa shape index (κ2) is 16.4. The van der Waals surface area contributed by atoms with Crippen molar-refractivity contribution in [3.05, 3.63) is 104 Å². The Morgan fingerprint density at radius 2 is 1.76 bits per heavy atom. The Kier molecular flexibility index (Phi) is 11.4. The van der Waals surface area contributed by atoms with Crippen LogP contribution in [0.2, 0.25) is 10.0 Å². The number of carbonyl (C=O) groups excluding carboxylic acids is 1. The highest BCUT2D eigenvalue weighted by Crippen LogP contribution is 2.42. The highest BCUT2D eigenvalue weighted by Gasteiger charge is 2.27. The first-order valence-electron chi connectivity index (χ1n) is 17.9. The zero-order valence-corrected chi connectivity index (χ0v) is 31.7. The van der Waals surface area contributed by atoms with E-state index in [0.717, 1.165) is 10.5 Å². The molecule has 2 aliphatic rings. The molecule has 55 heavy (non-hydrogen) atoms. The average Bonchev–Trinajstić information content (AvgIpc) is 3.59. The molecular weight excluding hydrogens is 747 g/mol. The Morgan fingerprint density at radius 3 is 2.45 bits per heavy atom. The third-order valence-electron chi connectivity index (χ3n) is 10.2. The molecule has 5 heterocycles. The summed E-state index contributed by atoms with van der Waals surface area (Å²) in [5, 5.41) is 27.2. The summed E-state index contributed by atoms with van der Waals surface area (Å²) in [4.78, 5) is 48.0. The number of aliphatic hydroxyl groups is 1. The summed E-state index contributed by atoms with van der Waals surface area (Å²) in [5.41, 5.74) is 5.58. The van der Waals surface area contributed by atoms with Crippen LogP contribution < -0.4 is 20.9 Å². The van der Waals surface area contributed by atoms with Gasteiger partial charge in [-0.25, -0.2) is 14.8 Å². The largest absolute Gasteiger partial charge is 0.481 e. The van der Waals surface area contributed by atoms with E-state index in [9.17, 15) is 24.6 Å². The number of hydrogen-bond donors (Lipinski definition) is 4. The van der Waals surface area contributed by atoms with Crippen LogP contribution in [0.5, 0.6) is 5.88 Å². The normalized spacial score (nSPS) is 18.3. The van der Waals surface area contributed by atoms with Crippen LogP contribution in [0.1, 0.15) is 36.1 Å². The van der Waals surface area contributed by atoms with Crippen LogP contribution in [0.25, 0.3) is 39.2 Å². The molecule has 2 fully saturated rings. The number of fused-ring (bicyclic) bond motifs is 1. The molecule has 2 amide bonds. The number of aryl methyl sites for hydroxylation is 1. The maximum atomic E-state index is 13.7. The molecular formula is C40H40Cl2N6O7. The number of pyridine rings is 2. The van der Waals surface area contributed by atoms with Crippen molar-refractivity contribution in [2.75, 3.05) is 26.9 Å². The van der Waals surface area contributed by atoms with E-state index >= 15 is 0 Å². The van der Waals surface area contributed by atoms with Gasteiger partial charge in [-0.15, -0.1) is 0 Å². The van der Waals surface area contributed by atoms with Crippen LogP contribution >= 0.6 is 23.2 Å². The molecule has 7 rings (SSSR count). The van der Waals surface area contributed by atoms with E-state index in [1.54, 1.807) is 32.4 Å². The number of carbonyl (C=O) groups is 2. The number of amides is 2. The van der Waals surface area contributed by atoms with Crippen molar-refractivity contribution >= 4 is 40.8 Å². The maximum absolute atomic E-state index is 13.7. The Labute approximate surface area is 326 Å². The van der Waals surface area contributed by atoms with Gasteiger partial charge in [0, 0.05) is 72.2 Å². The highest BCUT2D eigenvalue weighted by atomic mass is 35.5. The molecule has 0 radical (unpaired) electrons. The third-order valence-corrected chi connectivity index (χ3v) is 11.0. The van der Waals surface area contributed by atoms with E-state index < -0.39 is 12.2 Å². The lowest BCUT2D eigenvalue weighted by molar-refractivity contribution is -0.119. The molecule has 2 aromatic carbocycles. The smallest absolute Gasteiger partial charge is 0.407 e. The summed E-state index contributed by atoms with van der Waals surface area (Å²) in [6.45, 7) is 2.94. The minimum absolute atomic E-state index is 0.0711. The maximum Gasteiger partial charge on any atom is 0.407 e. The lowest BCUT2D eigenvalue weighted by atomic mass is 9.97. The summed E-state index contributed by atoms with van der Waals surface area (Å²) in [6, 6.07) is 18.2. The molecule has 3 aromatic heterocycles. The Balaban J connectivity index is 1.15. The molecule has 13 nitrogen and oxygen atoms in total. The molecule has 5 aromatic rings. The standard InChI is InChI=1S/C40H40Cl2N6O7/c1-22-30(20-47(40(52)53)19-25-10-12-35(50)45-25)39(51)48-15-13-23(17-34(48)44-22)26-5-3-6-27(36(26)41)28-7-4-8-29(37(28)42)31-11-9-24(38(46-31)54-2)18-43-32-14-16-55-21-33(32)49/h3-9,11,13,15,17,25,32-33,43,49H,10,12,14,16,18-21H2,1-2H3,(H,45,50)(H,52,53)/t25-,32-,33-/m0/s1. The number of ether oxygens (including phenoxy) is 2. The first-order chi connectivity index (χ1) is 26.5. The average molecular weight is 788 g/mol. The van der Waals surface area contributed by atoms with Crippen LogP contribution in [-0.2, 0) is 22.6 Å². The van der Waals surface area contributed by atoms with Crippen molar-refractivity contribution in [3.63, 3.8) is 0 Å². The van der Waals surface area contributed by atoms with E-state index in [-0.39, 0.29) is 42.2 Å². The molecule has 0 saturated carbocycles. The van der Waals surface area contributed by atoms with Gasteiger partial charge in [-0.3, -0.25) is 14.0 Å². The van der Waals surface area contributed by atoms with Crippen molar-refractivity contribution in [3.8, 4) is 39.4 Å². The molecule has 0 spiro atoms. The van der Waals surface area contributed by atoms with Gasteiger partial charge in [-0.2, -0.15) is 0 Å². The highest BCUT2D eigenvalue weighted by molar-refractivity contribution is 6.39. The second-order valence-corrected chi connectivity index (χ2v) is 14.5. The van der Waals surface area contributed by atoms with Crippen LogP contribution in [0.4, 0.5) is 4.79 Å². The van der Waals surface area contributed by atoms with E-state index in [0.29, 0.717) is 99.8 Å². The summed E-state index contributed by atoms with van der Waals surface area (Å²) in [5.74, 6) is 0.327. The molecule has 0 bridgehead atoms. The zero-order chi connectivity index (χ0) is 38.8. The molecule has 2 saturated heterocycles. The van der Waals surface area contributed by atoms with Crippen molar-refractivity contribution in [2.24, 2.45) is 0 Å². The number of nitrogens with one attached hydrogen (secondary N) is 2. The van der Waals surface area contributed by atoms with Crippen LogP contribution in [-0.4, -0.2) is 86.5 Å². The van der Waals surface area contributed by atoms with Crippen molar-refractivity contribution in [1.82, 2.24) is 29.9 Å². The minimum atomic E-state index is -1.19. The van der Waals surface area contributed by atoms with Crippen LogP contribution in [0.15, 0.2) is 71.7 Å². The number of carboxylic acid groups (broad SMARTS) is 1. The van der Waals surface area contributed by atoms with E-state index in [2.05, 4.69) is 15.6 Å². The van der Waals surface area contributed by atoms with Crippen molar-refractivity contribution < 1.29 is 29.3 Å². The van der Waals surface area contributed by atoms with Crippen LogP contribution in [0.3, 0.4) is 0 Å². The molecule has 3 atom stereocenters. The van der Waals surface area contributed by atoms with Gasteiger partial charge in [0.25, 0.3) is 5.56 Å². The topological polar surface area (TPSA) is 168 Å². The monoisotopic (exact) mass is 786 g/mol. The fourth-order valence-corrected chi connectivity index (χ4v) is 7.81. The quantitative estimate of drug-likeness (QED) is 0.130. The number of benzene rings is 2. The zero-order valence-electron chi connectivity index (χ0n) is 30.2. The molecule has 0 aliphatic carbocycles. The number of nitrogens with zero attached hydrogens (tertiary/aromatic N) is 4. The molecule has 0 unspecified atom stereocenters. The first-order valence-corrected chi connectivity index (χ1v) is 18.7. The molecule has 4 N–H and O–H groups in total. The number of aromatic nitrogens is 3. The minimum Gasteiger partial charge on any atom is -0.481 e. The number of hydrogen-bond acceptors (Lipinski definition) is 9. The summed E-state index contributed by atoms with van der Waals surface area (Å²) >= 11 is 14.2. The number of aliphatic hydroxyl groups excluding tert-OH is 1. The van der Waals surface area contributed by atoms with E-state index in [4.69, 9.17) is 37.7 Å². The van der Waals surface area contributed by atoms with Gasteiger partial charge in [0.1, 0.15) is 5.65 Å². The predicted octanol–water partition coefficient (Wildman–Crippen LogP) is 5.71. The van der Waals surface area contributed by atoms with E-state index in [1.807, 2.05) is 48.5 Å². The lowest BCUT2D eigenvalue weighted by Crippen LogP contribution is -2.46. The van der Waals surface area contributed by atoms with Crippen molar-refractivity contribution in [1.29, 1.82) is 0 Å². The van der Waals surface area contributed by atoms with Gasteiger partial charge in [0.05, 0.1) is 53.4 Å². The molecule has 2 aliphatic heterocycles. The SMILES string of the molecule is COc1nc(-c2cccc(-c3cccc(-c4ccn5c(=O)c(CN(C[C@@H]6CCC(=O)N6)C(=O)O)c(C)nc5c4)c3Cl)c2Cl)ccc1CN[C@H]1CCOC[C@@H]1O. The fraction of sp³-hybridized carbons (Fsp3) is 0.325. The fourth-order valence-electron chi connectivity index (χ4n) is 7.15. The number of rotatable bonds is 11. The summed E-state index contributed by atoms with van der Waals surface area (Å²) in [6.07, 6.45) is 1.42. The van der Waals surface area contributed by atoms with Gasteiger partial charge in [-0.1, -0.05) is 65.7 Å². The molecule has 286 valence electrons. The number of halogens is 2. The van der Waals surface area contributed by atoms with Gasteiger partial charge >= 0.3 is 6.09 Å². The summed E-state index contributed by atoms with van der Waals surface area (Å²) in [7, 11) is 1.56. The Bertz CT molecular complexity index is 2340. The summed E-state index contributed by atoms with van der Waals surface area (Å²) < 4.78 is 12.4. The first kappa shape index (κ1) is 38.2. The van der Waals surface area contributed by atoms with Gasteiger partial charge in [0.2, 0.25) is 11.8 Å². The van der Waals surface area contributed by atoms with Crippen molar-refractivity contribution in [2.45, 2.75) is 57.5 Å². The lowest BCUT2D eigenvalue weighted by Gasteiger charge is -2.28. The van der Waals surface area contributed by atoms with Gasteiger partial charge < -0.3 is 35.2 Å². The van der Waals surface area contributed by atoms with Gasteiger partial charge in [0.15, 0.2) is 0 Å². The van der Waals surface area contributed by atoms with Gasteiger partial charge in [-0.05, 0) is 43.5 Å². The van der Waals surface area contributed by atoms with Crippen LogP contribution in [0, 0.1) is 6.92 Å². The molecule has 15 heteroatoms. The van der Waals surface area contributed by atoms with E-state index in [1.165, 1.54) is 4.40 Å². The Morgan fingerprint density at radius 1 is 1.04 bits per heavy atom. The predicted molar refractivity (Wildman–Crippen MR) is 209 cm³/mol. The Hall–Kier alpha value is -5.05. The number of methoxy groups -OCH3 is 1. The third kappa shape index (κ3) is 8.03. The second-order valence-electron chi connectivity index (χ2n) is 13.7.